The molecule has 1 aliphatic carbocycles. The number of hydrazine groups is 1. The number of nitrogens with zero attached hydrogens (tertiary/aromatic N) is 2. The lowest BCUT2D eigenvalue weighted by Gasteiger charge is -2.32. The molecule has 0 atom stereocenters. The SMILES string of the molecule is CN1CCN(NC(=O)c2cc3c(s2)CCCCCC3)CC1. The van der Waals surface area contributed by atoms with Crippen LogP contribution < -0.4 is 5.43 Å². The molecule has 1 aliphatic heterocycles. The molecule has 1 aromatic heterocycles. The summed E-state index contributed by atoms with van der Waals surface area (Å²) in [4.78, 5) is 17.1. The van der Waals surface area contributed by atoms with Gasteiger partial charge in [-0.2, -0.15) is 0 Å². The second-order valence-electron chi connectivity index (χ2n) is 6.20. The molecule has 116 valence electrons. The summed E-state index contributed by atoms with van der Waals surface area (Å²) in [5.74, 6) is 0.0799. The number of rotatable bonds is 2. The Morgan fingerprint density at radius 2 is 1.81 bits per heavy atom. The Morgan fingerprint density at radius 3 is 2.57 bits per heavy atom. The highest BCUT2D eigenvalue weighted by Gasteiger charge is 2.19. The largest absolute Gasteiger partial charge is 0.304 e. The highest BCUT2D eigenvalue weighted by molar-refractivity contribution is 7.14. The van der Waals surface area contributed by atoms with Crippen LogP contribution in [0.15, 0.2) is 6.07 Å². The monoisotopic (exact) mass is 307 g/mol. The molecule has 3 rings (SSSR count). The van der Waals surface area contributed by atoms with E-state index >= 15 is 0 Å². The highest BCUT2D eigenvalue weighted by atomic mass is 32.1. The average molecular weight is 307 g/mol. The van der Waals surface area contributed by atoms with Crippen molar-refractivity contribution in [1.29, 1.82) is 0 Å². The van der Waals surface area contributed by atoms with Gasteiger partial charge in [-0.15, -0.1) is 11.3 Å². The molecule has 0 saturated carbocycles. The van der Waals surface area contributed by atoms with Crippen molar-refractivity contribution in [2.45, 2.75) is 38.5 Å². The Hall–Kier alpha value is -0.910. The minimum Gasteiger partial charge on any atom is -0.304 e. The van der Waals surface area contributed by atoms with Gasteiger partial charge in [0, 0.05) is 31.1 Å². The molecule has 0 radical (unpaired) electrons. The van der Waals surface area contributed by atoms with Crippen molar-refractivity contribution in [2.24, 2.45) is 0 Å². The molecule has 0 bridgehead atoms. The third kappa shape index (κ3) is 3.84. The van der Waals surface area contributed by atoms with Crippen molar-refractivity contribution in [3.05, 3.63) is 21.4 Å². The van der Waals surface area contributed by atoms with E-state index in [0.29, 0.717) is 0 Å². The van der Waals surface area contributed by atoms with E-state index in [9.17, 15) is 4.79 Å². The van der Waals surface area contributed by atoms with Crippen molar-refractivity contribution in [3.8, 4) is 0 Å². The van der Waals surface area contributed by atoms with Crippen LogP contribution >= 0.6 is 11.3 Å². The highest BCUT2D eigenvalue weighted by Crippen LogP contribution is 2.28. The molecule has 21 heavy (non-hydrogen) atoms. The fraction of sp³-hybridized carbons (Fsp3) is 0.688. The van der Waals surface area contributed by atoms with E-state index in [-0.39, 0.29) is 5.91 Å². The van der Waals surface area contributed by atoms with E-state index in [4.69, 9.17) is 0 Å². The molecule has 5 heteroatoms. The van der Waals surface area contributed by atoms with Crippen molar-refractivity contribution >= 4 is 17.2 Å². The number of amides is 1. The van der Waals surface area contributed by atoms with Gasteiger partial charge in [-0.1, -0.05) is 12.8 Å². The van der Waals surface area contributed by atoms with Gasteiger partial charge in [0.2, 0.25) is 0 Å². The van der Waals surface area contributed by atoms with Gasteiger partial charge in [-0.3, -0.25) is 10.2 Å². The molecule has 1 aromatic rings. The molecule has 0 spiro atoms. The van der Waals surface area contributed by atoms with E-state index in [1.165, 1.54) is 36.1 Å². The summed E-state index contributed by atoms with van der Waals surface area (Å²) in [5.41, 5.74) is 4.49. The maximum atomic E-state index is 12.4. The first kappa shape index (κ1) is 15.0. The third-order valence-electron chi connectivity index (χ3n) is 4.48. The van der Waals surface area contributed by atoms with E-state index < -0.39 is 0 Å². The fourth-order valence-electron chi connectivity index (χ4n) is 3.07. The van der Waals surface area contributed by atoms with Gasteiger partial charge in [0.15, 0.2) is 0 Å². The van der Waals surface area contributed by atoms with Crippen LogP contribution in [0.4, 0.5) is 0 Å². The molecule has 4 nitrogen and oxygen atoms in total. The summed E-state index contributed by atoms with van der Waals surface area (Å²) in [6.07, 6.45) is 7.50. The quantitative estimate of drug-likeness (QED) is 0.910. The van der Waals surface area contributed by atoms with Gasteiger partial charge in [-0.25, -0.2) is 5.01 Å². The molecular weight excluding hydrogens is 282 g/mol. The summed E-state index contributed by atoms with van der Waals surface area (Å²) in [6.45, 7) is 3.85. The Morgan fingerprint density at radius 1 is 1.10 bits per heavy atom. The Bertz CT molecular complexity index is 466. The van der Waals surface area contributed by atoms with E-state index in [1.54, 1.807) is 11.3 Å². The number of likely N-dealkylation sites (N-methyl/N-ethyl adjacent to an activating group) is 1. The van der Waals surface area contributed by atoms with E-state index in [0.717, 1.165) is 43.9 Å². The van der Waals surface area contributed by atoms with Crippen LogP contribution in [0.25, 0.3) is 0 Å². The first-order valence-corrected chi connectivity index (χ1v) is 8.90. The molecule has 2 aliphatic rings. The van der Waals surface area contributed by atoms with Crippen molar-refractivity contribution in [3.63, 3.8) is 0 Å². The Balaban J connectivity index is 1.63. The van der Waals surface area contributed by atoms with Crippen molar-refractivity contribution in [1.82, 2.24) is 15.3 Å². The van der Waals surface area contributed by atoms with Gasteiger partial charge in [0.05, 0.1) is 4.88 Å². The third-order valence-corrected chi connectivity index (χ3v) is 5.72. The molecular formula is C16H25N3OS. The minimum atomic E-state index is 0.0799. The maximum absolute atomic E-state index is 12.4. The lowest BCUT2D eigenvalue weighted by atomic mass is 10.00. The van der Waals surface area contributed by atoms with Gasteiger partial charge in [-0.05, 0) is 44.4 Å². The summed E-state index contributed by atoms with van der Waals surface area (Å²) >= 11 is 1.71. The van der Waals surface area contributed by atoms with Crippen LogP contribution in [0.2, 0.25) is 0 Å². The van der Waals surface area contributed by atoms with Crippen LogP contribution in [0.5, 0.6) is 0 Å². The predicted molar refractivity (Wildman–Crippen MR) is 86.7 cm³/mol. The molecule has 1 N–H and O–H groups in total. The Labute approximate surface area is 131 Å². The van der Waals surface area contributed by atoms with E-state index in [1.807, 2.05) is 0 Å². The zero-order chi connectivity index (χ0) is 14.7. The first-order valence-electron chi connectivity index (χ1n) is 8.08. The number of thiophene rings is 1. The van der Waals surface area contributed by atoms with Crippen molar-refractivity contribution < 1.29 is 4.79 Å². The predicted octanol–water partition coefficient (Wildman–Crippen LogP) is 2.30. The molecule has 1 fully saturated rings. The molecule has 1 saturated heterocycles. The molecule has 0 aromatic carbocycles. The number of hydrogen-bond donors (Lipinski definition) is 1. The second kappa shape index (κ2) is 6.90. The van der Waals surface area contributed by atoms with Crippen LogP contribution in [0.3, 0.4) is 0 Å². The van der Waals surface area contributed by atoms with Crippen LogP contribution in [0.1, 0.15) is 45.8 Å². The van der Waals surface area contributed by atoms with Crippen LogP contribution in [-0.2, 0) is 12.8 Å². The Kier molecular flexibility index (Phi) is 4.93. The maximum Gasteiger partial charge on any atom is 0.275 e. The second-order valence-corrected chi connectivity index (χ2v) is 7.34. The number of carbonyl (C=O) groups excluding carboxylic acids is 1. The number of piperazine rings is 1. The topological polar surface area (TPSA) is 35.6 Å². The number of hydrogen-bond acceptors (Lipinski definition) is 4. The number of fused-ring (bicyclic) bond motifs is 1. The zero-order valence-corrected chi connectivity index (χ0v) is 13.7. The summed E-state index contributed by atoms with van der Waals surface area (Å²) in [5, 5.41) is 2.06. The summed E-state index contributed by atoms with van der Waals surface area (Å²) in [6, 6.07) is 2.14. The lowest BCUT2D eigenvalue weighted by molar-refractivity contribution is 0.0666. The lowest BCUT2D eigenvalue weighted by Crippen LogP contribution is -2.52. The number of nitrogens with one attached hydrogen (secondary N) is 1. The van der Waals surface area contributed by atoms with Gasteiger partial charge >= 0.3 is 0 Å². The molecule has 2 heterocycles. The zero-order valence-electron chi connectivity index (χ0n) is 12.9. The van der Waals surface area contributed by atoms with Gasteiger partial charge in [0.25, 0.3) is 5.91 Å². The normalized spacial score (nSPS) is 21.4. The molecule has 0 unspecified atom stereocenters. The van der Waals surface area contributed by atoms with Crippen molar-refractivity contribution in [2.75, 3.05) is 33.2 Å². The standard InChI is InChI=1S/C16H25N3OS/c1-18-8-10-19(11-9-18)17-16(20)15-12-13-6-4-2-3-5-7-14(13)21-15/h12H,2-11H2,1H3,(H,17,20). The smallest absolute Gasteiger partial charge is 0.275 e. The fourth-order valence-corrected chi connectivity index (χ4v) is 4.22. The summed E-state index contributed by atoms with van der Waals surface area (Å²) in [7, 11) is 2.12. The first-order chi connectivity index (χ1) is 10.2. The van der Waals surface area contributed by atoms with Crippen LogP contribution in [-0.4, -0.2) is 49.0 Å². The number of aryl methyl sites for hydroxylation is 2. The van der Waals surface area contributed by atoms with E-state index in [2.05, 4.69) is 28.4 Å². The van der Waals surface area contributed by atoms with Crippen LogP contribution in [0, 0.1) is 0 Å². The van der Waals surface area contributed by atoms with Gasteiger partial charge < -0.3 is 4.90 Å². The summed E-state index contributed by atoms with van der Waals surface area (Å²) < 4.78 is 0. The minimum absolute atomic E-state index is 0.0799. The number of carbonyl (C=O) groups is 1. The van der Waals surface area contributed by atoms with Gasteiger partial charge in [0.1, 0.15) is 0 Å². The average Bonchev–Trinajstić information content (AvgIpc) is 2.84. The molecule has 1 amide bonds.